The van der Waals surface area contributed by atoms with Gasteiger partial charge in [0.25, 0.3) is 0 Å². The Bertz CT molecular complexity index is 631. The molecule has 0 spiro atoms. The van der Waals surface area contributed by atoms with Gasteiger partial charge in [-0.05, 0) is 48.5 Å². The summed E-state index contributed by atoms with van der Waals surface area (Å²) in [6.07, 6.45) is 1.54. The molecule has 0 amide bonds. The van der Waals surface area contributed by atoms with Crippen LogP contribution in [0.1, 0.15) is 27.1 Å². The van der Waals surface area contributed by atoms with Crippen LogP contribution in [0.3, 0.4) is 0 Å². The summed E-state index contributed by atoms with van der Waals surface area (Å²) in [5, 5.41) is 0. The van der Waals surface area contributed by atoms with E-state index >= 15 is 0 Å². The van der Waals surface area contributed by atoms with Crippen LogP contribution in [-0.4, -0.2) is 32.6 Å². The summed E-state index contributed by atoms with van der Waals surface area (Å²) in [5.74, 6) is 0.614. The number of aldehydes is 1. The second-order valence-electron chi connectivity index (χ2n) is 4.80. The van der Waals surface area contributed by atoms with Gasteiger partial charge in [0, 0.05) is 25.7 Å². The number of carbonyl (C=O) groups excluding carboxylic acids is 2. The predicted octanol–water partition coefficient (Wildman–Crippen LogP) is 3.13. The number of rotatable bonds is 8. The Morgan fingerprint density at radius 3 is 2.22 bits per heavy atom. The number of hydrogen-bond acceptors (Lipinski definition) is 5. The molecule has 0 fully saturated rings. The van der Waals surface area contributed by atoms with Crippen molar-refractivity contribution in [1.82, 2.24) is 0 Å². The zero-order chi connectivity index (χ0) is 16.5. The molecule has 0 saturated heterocycles. The zero-order valence-corrected chi connectivity index (χ0v) is 12.9. The van der Waals surface area contributed by atoms with Crippen LogP contribution in [0, 0.1) is 0 Å². The highest BCUT2D eigenvalue weighted by atomic mass is 16.5. The fourth-order valence-electron chi connectivity index (χ4n) is 1.86. The summed E-state index contributed by atoms with van der Waals surface area (Å²) in [6.45, 7) is 1.20. The molecule has 0 aliphatic rings. The molecule has 2 aromatic carbocycles. The van der Waals surface area contributed by atoms with E-state index in [1.54, 1.807) is 55.6 Å². The summed E-state index contributed by atoms with van der Waals surface area (Å²) in [7, 11) is 1.65. The molecule has 0 bridgehead atoms. The van der Waals surface area contributed by atoms with Gasteiger partial charge in [-0.2, -0.15) is 0 Å². The van der Waals surface area contributed by atoms with E-state index in [9.17, 15) is 9.59 Å². The molecule has 0 aromatic heterocycles. The van der Waals surface area contributed by atoms with Crippen molar-refractivity contribution in [2.24, 2.45) is 0 Å². The highest BCUT2D eigenvalue weighted by Gasteiger charge is 2.08. The van der Waals surface area contributed by atoms with Crippen LogP contribution < -0.4 is 9.47 Å². The van der Waals surface area contributed by atoms with Crippen molar-refractivity contribution in [3.05, 3.63) is 59.7 Å². The van der Waals surface area contributed by atoms with Crippen molar-refractivity contribution in [1.29, 1.82) is 0 Å². The van der Waals surface area contributed by atoms with Crippen molar-refractivity contribution in [2.75, 3.05) is 20.3 Å². The van der Waals surface area contributed by atoms with E-state index in [-0.39, 0.29) is 0 Å². The fourth-order valence-corrected chi connectivity index (χ4v) is 1.86. The Kier molecular flexibility index (Phi) is 6.32. The van der Waals surface area contributed by atoms with Gasteiger partial charge in [-0.25, -0.2) is 4.79 Å². The van der Waals surface area contributed by atoms with E-state index in [4.69, 9.17) is 14.2 Å². The first-order valence-corrected chi connectivity index (χ1v) is 7.22. The summed E-state index contributed by atoms with van der Waals surface area (Å²) in [6, 6.07) is 13.1. The van der Waals surface area contributed by atoms with E-state index < -0.39 is 5.97 Å². The van der Waals surface area contributed by atoms with Crippen LogP contribution in [0.2, 0.25) is 0 Å². The Morgan fingerprint density at radius 1 is 0.957 bits per heavy atom. The molecule has 0 unspecified atom stereocenters. The maximum atomic E-state index is 12.0. The summed E-state index contributed by atoms with van der Waals surface area (Å²) in [4.78, 5) is 22.6. The Labute approximate surface area is 134 Å². The molecule has 0 aliphatic heterocycles. The Hall–Kier alpha value is -2.66. The van der Waals surface area contributed by atoms with Crippen LogP contribution in [0.25, 0.3) is 0 Å². The van der Waals surface area contributed by atoms with Gasteiger partial charge in [0.1, 0.15) is 17.8 Å². The molecule has 120 valence electrons. The molecular formula is C18H18O5. The molecule has 2 rings (SSSR count). The minimum Gasteiger partial charge on any atom is -0.494 e. The van der Waals surface area contributed by atoms with Crippen LogP contribution >= 0.6 is 0 Å². The van der Waals surface area contributed by atoms with Crippen molar-refractivity contribution in [3.63, 3.8) is 0 Å². The van der Waals surface area contributed by atoms with Gasteiger partial charge >= 0.3 is 5.97 Å². The first kappa shape index (κ1) is 16.7. The number of benzene rings is 2. The van der Waals surface area contributed by atoms with E-state index in [0.29, 0.717) is 35.8 Å². The molecule has 0 heterocycles. The number of hydrogen-bond donors (Lipinski definition) is 0. The molecule has 0 saturated carbocycles. The lowest BCUT2D eigenvalue weighted by molar-refractivity contribution is 0.0734. The average molecular weight is 314 g/mol. The second kappa shape index (κ2) is 8.70. The van der Waals surface area contributed by atoms with E-state index in [0.717, 1.165) is 12.7 Å². The zero-order valence-electron chi connectivity index (χ0n) is 12.9. The highest BCUT2D eigenvalue weighted by Crippen LogP contribution is 2.16. The van der Waals surface area contributed by atoms with Crippen LogP contribution in [0.4, 0.5) is 0 Å². The average Bonchev–Trinajstić information content (AvgIpc) is 2.60. The van der Waals surface area contributed by atoms with Crippen LogP contribution in [-0.2, 0) is 4.74 Å². The normalized spacial score (nSPS) is 10.1. The first-order valence-electron chi connectivity index (χ1n) is 7.22. The third kappa shape index (κ3) is 5.23. The van der Waals surface area contributed by atoms with Gasteiger partial charge in [-0.1, -0.05) is 0 Å². The summed E-state index contributed by atoms with van der Waals surface area (Å²) >= 11 is 0. The van der Waals surface area contributed by atoms with Gasteiger partial charge in [-0.15, -0.1) is 0 Å². The molecule has 0 aliphatic carbocycles. The number of carbonyl (C=O) groups is 2. The minimum absolute atomic E-state index is 0.389. The van der Waals surface area contributed by atoms with Crippen LogP contribution in [0.5, 0.6) is 11.5 Å². The quantitative estimate of drug-likeness (QED) is 0.324. The van der Waals surface area contributed by atoms with E-state index in [1.807, 2.05) is 0 Å². The molecule has 5 nitrogen and oxygen atoms in total. The molecule has 2 aromatic rings. The largest absolute Gasteiger partial charge is 0.494 e. The standard InChI is InChI=1S/C18H18O5/c1-21-11-2-12-22-16-9-5-15(6-10-16)18(20)23-17-7-3-14(13-19)4-8-17/h3-10,13H,2,11-12H2,1H3. The van der Waals surface area contributed by atoms with Gasteiger partial charge in [0.05, 0.1) is 12.2 Å². The third-order valence-corrected chi connectivity index (χ3v) is 3.08. The first-order chi connectivity index (χ1) is 11.2. The minimum atomic E-state index is -0.463. The lowest BCUT2D eigenvalue weighted by Gasteiger charge is -2.07. The Morgan fingerprint density at radius 2 is 1.61 bits per heavy atom. The second-order valence-corrected chi connectivity index (χ2v) is 4.80. The predicted molar refractivity (Wildman–Crippen MR) is 85.2 cm³/mol. The number of methoxy groups -OCH3 is 1. The molecule has 5 heteroatoms. The SMILES string of the molecule is COCCCOc1ccc(C(=O)Oc2ccc(C=O)cc2)cc1. The molecule has 23 heavy (non-hydrogen) atoms. The van der Waals surface area contributed by atoms with Crippen molar-refractivity contribution >= 4 is 12.3 Å². The third-order valence-electron chi connectivity index (χ3n) is 3.08. The summed E-state index contributed by atoms with van der Waals surface area (Å²) in [5.41, 5.74) is 0.952. The van der Waals surface area contributed by atoms with Gasteiger partial charge in [-0.3, -0.25) is 4.79 Å². The van der Waals surface area contributed by atoms with Crippen molar-refractivity contribution < 1.29 is 23.8 Å². The smallest absolute Gasteiger partial charge is 0.343 e. The van der Waals surface area contributed by atoms with Gasteiger partial charge in [0.2, 0.25) is 0 Å². The molecular weight excluding hydrogens is 296 g/mol. The van der Waals surface area contributed by atoms with Crippen molar-refractivity contribution in [3.8, 4) is 11.5 Å². The van der Waals surface area contributed by atoms with Crippen molar-refractivity contribution in [2.45, 2.75) is 6.42 Å². The number of esters is 1. The molecule has 0 atom stereocenters. The van der Waals surface area contributed by atoms with E-state index in [1.165, 1.54) is 0 Å². The highest BCUT2D eigenvalue weighted by molar-refractivity contribution is 5.91. The maximum absolute atomic E-state index is 12.0. The van der Waals surface area contributed by atoms with Gasteiger partial charge in [0.15, 0.2) is 0 Å². The topological polar surface area (TPSA) is 61.8 Å². The van der Waals surface area contributed by atoms with Crippen LogP contribution in [0.15, 0.2) is 48.5 Å². The number of ether oxygens (including phenoxy) is 3. The van der Waals surface area contributed by atoms with Gasteiger partial charge < -0.3 is 14.2 Å². The Balaban J connectivity index is 1.90. The lowest BCUT2D eigenvalue weighted by atomic mass is 10.2. The molecule has 0 N–H and O–H groups in total. The van der Waals surface area contributed by atoms with E-state index in [2.05, 4.69) is 0 Å². The fraction of sp³-hybridized carbons (Fsp3) is 0.222. The maximum Gasteiger partial charge on any atom is 0.343 e. The summed E-state index contributed by atoms with van der Waals surface area (Å²) < 4.78 is 15.7. The lowest BCUT2D eigenvalue weighted by Crippen LogP contribution is -2.08. The molecule has 0 radical (unpaired) electrons. The monoisotopic (exact) mass is 314 g/mol.